The lowest BCUT2D eigenvalue weighted by Gasteiger charge is -2.24. The lowest BCUT2D eigenvalue weighted by atomic mass is 10.1. The first-order valence-electron chi connectivity index (χ1n) is 8.07. The van der Waals surface area contributed by atoms with E-state index in [9.17, 15) is 4.79 Å². The Hall–Kier alpha value is -1.65. The molecule has 1 aromatic carbocycles. The molecule has 0 unspecified atom stereocenters. The molecule has 1 saturated carbocycles. The smallest absolute Gasteiger partial charge is 0.226 e. The first kappa shape index (κ1) is 16.7. The number of aliphatic hydroxyl groups excluding tert-OH is 1. The van der Waals surface area contributed by atoms with E-state index in [4.69, 9.17) is 10.8 Å². The van der Waals surface area contributed by atoms with Crippen molar-refractivity contribution >= 4 is 12.0 Å². The zero-order chi connectivity index (χ0) is 15.8. The fourth-order valence-electron chi connectivity index (χ4n) is 2.93. The van der Waals surface area contributed by atoms with Gasteiger partial charge >= 0.3 is 0 Å². The maximum absolute atomic E-state index is 12.6. The van der Waals surface area contributed by atoms with E-state index in [0.717, 1.165) is 24.8 Å². The Morgan fingerprint density at radius 1 is 1.32 bits per heavy atom. The maximum Gasteiger partial charge on any atom is 0.226 e. The molecule has 4 heteroatoms. The summed E-state index contributed by atoms with van der Waals surface area (Å²) in [6.07, 6.45) is 7.27. The predicted octanol–water partition coefficient (Wildman–Crippen LogP) is 2.04. The molecule has 0 spiro atoms. The van der Waals surface area contributed by atoms with E-state index in [-0.39, 0.29) is 24.5 Å². The number of carbonyl (C=O) groups excluding carboxylic acids is 1. The second-order valence-corrected chi connectivity index (χ2v) is 5.94. The summed E-state index contributed by atoms with van der Waals surface area (Å²) in [6, 6.07) is 10.2. The fraction of sp³-hybridized carbons (Fsp3) is 0.500. The second-order valence-electron chi connectivity index (χ2n) is 5.94. The highest BCUT2D eigenvalue weighted by molar-refractivity contribution is 5.79. The number of aliphatic hydroxyl groups is 1. The topological polar surface area (TPSA) is 66.6 Å². The van der Waals surface area contributed by atoms with Crippen LogP contribution in [0.15, 0.2) is 36.4 Å². The lowest BCUT2D eigenvalue weighted by Crippen LogP contribution is -2.37. The lowest BCUT2D eigenvalue weighted by molar-refractivity contribution is -0.135. The van der Waals surface area contributed by atoms with Gasteiger partial charge in [0.1, 0.15) is 0 Å². The van der Waals surface area contributed by atoms with E-state index in [0.29, 0.717) is 19.5 Å². The largest absolute Gasteiger partial charge is 0.396 e. The predicted molar refractivity (Wildman–Crippen MR) is 89.1 cm³/mol. The summed E-state index contributed by atoms with van der Waals surface area (Å²) in [5, 5.41) is 9.03. The molecule has 22 heavy (non-hydrogen) atoms. The standard InChI is InChI=1S/C18H26N2O2/c19-17-10-9-16(14-17)18(22)20(12-5-13-21)11-4-8-15-6-2-1-3-7-15/h1-4,6-8,16-17,21H,5,9-14,19H2/b8-4+/t16-,17+/m1/s1. The summed E-state index contributed by atoms with van der Waals surface area (Å²) >= 11 is 0. The van der Waals surface area contributed by atoms with Crippen molar-refractivity contribution in [2.24, 2.45) is 11.7 Å². The zero-order valence-corrected chi connectivity index (χ0v) is 13.0. The van der Waals surface area contributed by atoms with Crippen molar-refractivity contribution in [1.82, 2.24) is 4.90 Å². The molecule has 2 rings (SSSR count). The van der Waals surface area contributed by atoms with E-state index >= 15 is 0 Å². The molecular formula is C18H26N2O2. The molecule has 3 N–H and O–H groups in total. The highest BCUT2D eigenvalue weighted by atomic mass is 16.3. The third-order valence-corrected chi connectivity index (χ3v) is 4.16. The molecule has 1 aromatic rings. The molecule has 0 heterocycles. The Bertz CT molecular complexity index is 487. The maximum atomic E-state index is 12.6. The van der Waals surface area contributed by atoms with Gasteiger partial charge in [0, 0.05) is 31.7 Å². The average molecular weight is 302 g/mol. The number of rotatable bonds is 7. The van der Waals surface area contributed by atoms with Crippen LogP contribution in [-0.2, 0) is 4.79 Å². The van der Waals surface area contributed by atoms with E-state index in [2.05, 4.69) is 0 Å². The fourth-order valence-corrected chi connectivity index (χ4v) is 2.93. The van der Waals surface area contributed by atoms with Crippen LogP contribution in [0.25, 0.3) is 6.08 Å². The molecule has 1 aliphatic carbocycles. The Morgan fingerprint density at radius 3 is 2.73 bits per heavy atom. The van der Waals surface area contributed by atoms with Gasteiger partial charge in [-0.1, -0.05) is 42.5 Å². The van der Waals surface area contributed by atoms with Crippen LogP contribution in [0, 0.1) is 5.92 Å². The van der Waals surface area contributed by atoms with Crippen LogP contribution in [0.4, 0.5) is 0 Å². The summed E-state index contributed by atoms with van der Waals surface area (Å²) in [6.45, 7) is 1.29. The van der Waals surface area contributed by atoms with Gasteiger partial charge in [-0.15, -0.1) is 0 Å². The van der Waals surface area contributed by atoms with Gasteiger partial charge in [0.25, 0.3) is 0 Å². The summed E-state index contributed by atoms with van der Waals surface area (Å²) < 4.78 is 0. The van der Waals surface area contributed by atoms with Crippen LogP contribution in [0.1, 0.15) is 31.2 Å². The van der Waals surface area contributed by atoms with Gasteiger partial charge in [0.2, 0.25) is 5.91 Å². The minimum Gasteiger partial charge on any atom is -0.396 e. The highest BCUT2D eigenvalue weighted by Gasteiger charge is 2.30. The third kappa shape index (κ3) is 4.97. The number of carbonyl (C=O) groups is 1. The number of nitrogens with zero attached hydrogens (tertiary/aromatic N) is 1. The van der Waals surface area contributed by atoms with Gasteiger partial charge in [0.15, 0.2) is 0 Å². The first-order valence-corrected chi connectivity index (χ1v) is 8.07. The minimum atomic E-state index is 0.0545. The van der Waals surface area contributed by atoms with Crippen molar-refractivity contribution in [1.29, 1.82) is 0 Å². The highest BCUT2D eigenvalue weighted by Crippen LogP contribution is 2.26. The van der Waals surface area contributed by atoms with Crippen LogP contribution in [0.3, 0.4) is 0 Å². The van der Waals surface area contributed by atoms with Crippen molar-refractivity contribution in [3.8, 4) is 0 Å². The molecular weight excluding hydrogens is 276 g/mol. The summed E-state index contributed by atoms with van der Waals surface area (Å²) in [7, 11) is 0. The van der Waals surface area contributed by atoms with Crippen LogP contribution in [0.5, 0.6) is 0 Å². The van der Waals surface area contributed by atoms with Crippen molar-refractivity contribution in [3.63, 3.8) is 0 Å². The van der Waals surface area contributed by atoms with E-state index in [1.54, 1.807) is 0 Å². The number of amides is 1. The number of hydrogen-bond donors (Lipinski definition) is 2. The number of benzene rings is 1. The zero-order valence-electron chi connectivity index (χ0n) is 13.0. The van der Waals surface area contributed by atoms with Gasteiger partial charge in [-0.25, -0.2) is 0 Å². The van der Waals surface area contributed by atoms with Crippen LogP contribution >= 0.6 is 0 Å². The van der Waals surface area contributed by atoms with Gasteiger partial charge in [0.05, 0.1) is 0 Å². The molecule has 120 valence electrons. The molecule has 0 aliphatic heterocycles. The minimum absolute atomic E-state index is 0.0545. The van der Waals surface area contributed by atoms with Crippen molar-refractivity contribution in [2.45, 2.75) is 31.7 Å². The number of hydrogen-bond acceptors (Lipinski definition) is 3. The Balaban J connectivity index is 1.93. The molecule has 0 saturated heterocycles. The SMILES string of the molecule is N[C@H]1CC[C@@H](C(=O)N(C/C=C/c2ccccc2)CCCO)C1. The summed E-state index contributed by atoms with van der Waals surface area (Å²) in [4.78, 5) is 14.4. The second kappa shape index (κ2) is 8.71. The third-order valence-electron chi connectivity index (χ3n) is 4.16. The molecule has 4 nitrogen and oxygen atoms in total. The van der Waals surface area contributed by atoms with E-state index in [1.807, 2.05) is 47.4 Å². The van der Waals surface area contributed by atoms with Gasteiger partial charge in [-0.2, -0.15) is 0 Å². The van der Waals surface area contributed by atoms with Crippen LogP contribution in [0.2, 0.25) is 0 Å². The van der Waals surface area contributed by atoms with Gasteiger partial charge in [-0.05, 0) is 31.2 Å². The Labute approximate surface area is 132 Å². The normalized spacial score (nSPS) is 21.4. The molecule has 1 aliphatic rings. The van der Waals surface area contributed by atoms with Crippen molar-refractivity contribution in [2.75, 3.05) is 19.7 Å². The molecule has 1 fully saturated rings. The summed E-state index contributed by atoms with van der Waals surface area (Å²) in [5.74, 6) is 0.234. The van der Waals surface area contributed by atoms with Crippen LogP contribution in [-0.4, -0.2) is 41.7 Å². The monoisotopic (exact) mass is 302 g/mol. The molecule has 0 aromatic heterocycles. The molecule has 2 atom stereocenters. The van der Waals surface area contributed by atoms with Gasteiger partial charge in [-0.3, -0.25) is 4.79 Å². The van der Waals surface area contributed by atoms with Crippen molar-refractivity contribution in [3.05, 3.63) is 42.0 Å². The first-order chi connectivity index (χ1) is 10.7. The Morgan fingerprint density at radius 2 is 2.09 bits per heavy atom. The van der Waals surface area contributed by atoms with E-state index < -0.39 is 0 Å². The van der Waals surface area contributed by atoms with Gasteiger partial charge < -0.3 is 15.7 Å². The van der Waals surface area contributed by atoms with E-state index in [1.165, 1.54) is 0 Å². The Kier molecular flexibility index (Phi) is 6.62. The van der Waals surface area contributed by atoms with Crippen molar-refractivity contribution < 1.29 is 9.90 Å². The average Bonchev–Trinajstić information content (AvgIpc) is 2.97. The van der Waals surface area contributed by atoms with Crippen LogP contribution < -0.4 is 5.73 Å². The molecule has 1 amide bonds. The molecule has 0 bridgehead atoms. The summed E-state index contributed by atoms with van der Waals surface area (Å²) in [5.41, 5.74) is 7.04. The quantitative estimate of drug-likeness (QED) is 0.810. The molecule has 0 radical (unpaired) electrons. The number of nitrogens with two attached hydrogens (primary N) is 1.